The first-order valence-electron chi connectivity index (χ1n) is 8.04. The van der Waals surface area contributed by atoms with Crippen LogP contribution in [0.4, 0.5) is 5.82 Å². The summed E-state index contributed by atoms with van der Waals surface area (Å²) in [6.45, 7) is 4.01. The SMILES string of the molecule is CCc1nc(N[C@@H](C)c2ccc(S(C)(=O)=O)cc2)c2cnn(C)c2n1. The van der Waals surface area contributed by atoms with E-state index in [1.54, 1.807) is 23.0 Å². The van der Waals surface area contributed by atoms with E-state index in [0.717, 1.165) is 34.7 Å². The van der Waals surface area contributed by atoms with E-state index in [2.05, 4.69) is 20.4 Å². The molecule has 1 N–H and O–H groups in total. The van der Waals surface area contributed by atoms with Crippen molar-refractivity contribution >= 4 is 26.7 Å². The molecule has 25 heavy (non-hydrogen) atoms. The minimum Gasteiger partial charge on any atom is -0.363 e. The van der Waals surface area contributed by atoms with E-state index < -0.39 is 9.84 Å². The van der Waals surface area contributed by atoms with E-state index in [4.69, 9.17) is 0 Å². The Hall–Kier alpha value is -2.48. The van der Waals surface area contributed by atoms with Gasteiger partial charge in [0.15, 0.2) is 15.5 Å². The molecule has 8 heteroatoms. The van der Waals surface area contributed by atoms with Gasteiger partial charge in [-0.2, -0.15) is 5.10 Å². The second-order valence-corrected chi connectivity index (χ2v) is 8.07. The number of nitrogens with zero attached hydrogens (tertiary/aromatic N) is 4. The van der Waals surface area contributed by atoms with Crippen molar-refractivity contribution in [1.29, 1.82) is 0 Å². The number of hydrogen-bond acceptors (Lipinski definition) is 6. The average Bonchev–Trinajstić information content (AvgIpc) is 2.95. The number of rotatable bonds is 5. The Morgan fingerprint density at radius 2 is 1.88 bits per heavy atom. The topological polar surface area (TPSA) is 89.8 Å². The second-order valence-electron chi connectivity index (χ2n) is 6.05. The van der Waals surface area contributed by atoms with Gasteiger partial charge < -0.3 is 5.32 Å². The highest BCUT2D eigenvalue weighted by molar-refractivity contribution is 7.90. The smallest absolute Gasteiger partial charge is 0.175 e. The number of nitrogens with one attached hydrogen (secondary N) is 1. The molecule has 2 aromatic heterocycles. The van der Waals surface area contributed by atoms with Crippen LogP contribution in [0.2, 0.25) is 0 Å². The van der Waals surface area contributed by atoms with Gasteiger partial charge in [-0.1, -0.05) is 19.1 Å². The molecule has 0 aliphatic carbocycles. The molecule has 0 amide bonds. The van der Waals surface area contributed by atoms with Crippen molar-refractivity contribution in [3.05, 3.63) is 41.9 Å². The van der Waals surface area contributed by atoms with Crippen LogP contribution in [0, 0.1) is 0 Å². The van der Waals surface area contributed by atoms with Gasteiger partial charge in [-0.05, 0) is 24.6 Å². The summed E-state index contributed by atoms with van der Waals surface area (Å²) in [4.78, 5) is 9.41. The first-order chi connectivity index (χ1) is 11.8. The largest absolute Gasteiger partial charge is 0.363 e. The fraction of sp³-hybridized carbons (Fsp3) is 0.353. The molecule has 2 heterocycles. The number of aromatic nitrogens is 4. The lowest BCUT2D eigenvalue weighted by atomic mass is 10.1. The quantitative estimate of drug-likeness (QED) is 0.753. The van der Waals surface area contributed by atoms with Crippen molar-refractivity contribution in [2.75, 3.05) is 11.6 Å². The van der Waals surface area contributed by atoms with Crippen LogP contribution >= 0.6 is 0 Å². The molecule has 0 spiro atoms. The van der Waals surface area contributed by atoms with Crippen LogP contribution in [-0.2, 0) is 23.3 Å². The van der Waals surface area contributed by atoms with Gasteiger partial charge in [-0.3, -0.25) is 4.68 Å². The Kier molecular flexibility index (Phi) is 4.47. The Morgan fingerprint density at radius 1 is 1.20 bits per heavy atom. The van der Waals surface area contributed by atoms with Crippen LogP contribution in [0.3, 0.4) is 0 Å². The van der Waals surface area contributed by atoms with Gasteiger partial charge >= 0.3 is 0 Å². The predicted molar refractivity (Wildman–Crippen MR) is 97.3 cm³/mol. The van der Waals surface area contributed by atoms with Crippen LogP contribution in [0.15, 0.2) is 35.4 Å². The van der Waals surface area contributed by atoms with Crippen LogP contribution in [0.5, 0.6) is 0 Å². The summed E-state index contributed by atoms with van der Waals surface area (Å²) < 4.78 is 24.9. The normalized spacial score (nSPS) is 13.1. The third-order valence-electron chi connectivity index (χ3n) is 4.12. The fourth-order valence-corrected chi connectivity index (χ4v) is 3.26. The van der Waals surface area contributed by atoms with E-state index in [1.165, 1.54) is 6.26 Å². The molecule has 0 saturated carbocycles. The molecule has 0 bridgehead atoms. The first-order valence-corrected chi connectivity index (χ1v) is 9.94. The maximum Gasteiger partial charge on any atom is 0.175 e. The number of hydrogen-bond donors (Lipinski definition) is 1. The van der Waals surface area contributed by atoms with Crippen LogP contribution in [0.1, 0.15) is 31.3 Å². The van der Waals surface area contributed by atoms with Gasteiger partial charge in [-0.25, -0.2) is 18.4 Å². The van der Waals surface area contributed by atoms with E-state index >= 15 is 0 Å². The van der Waals surface area contributed by atoms with Gasteiger partial charge in [0.05, 0.1) is 16.5 Å². The number of sulfone groups is 1. The van der Waals surface area contributed by atoms with Crippen LogP contribution in [-0.4, -0.2) is 34.4 Å². The monoisotopic (exact) mass is 359 g/mol. The maximum absolute atomic E-state index is 11.6. The van der Waals surface area contributed by atoms with Gasteiger partial charge in [0.25, 0.3) is 0 Å². The summed E-state index contributed by atoms with van der Waals surface area (Å²) in [5.41, 5.74) is 1.76. The van der Waals surface area contributed by atoms with Crippen LogP contribution in [0.25, 0.3) is 11.0 Å². The summed E-state index contributed by atoms with van der Waals surface area (Å²) in [6, 6.07) is 6.84. The molecular weight excluding hydrogens is 338 g/mol. The average molecular weight is 359 g/mol. The first kappa shape index (κ1) is 17.3. The third kappa shape index (κ3) is 3.48. The number of aryl methyl sites for hydroxylation is 2. The Bertz CT molecular complexity index is 1010. The second kappa shape index (κ2) is 6.44. The van der Waals surface area contributed by atoms with Crippen LogP contribution < -0.4 is 5.32 Å². The molecule has 3 rings (SSSR count). The molecule has 0 unspecified atom stereocenters. The van der Waals surface area contributed by atoms with E-state index in [-0.39, 0.29) is 6.04 Å². The Balaban J connectivity index is 1.93. The van der Waals surface area contributed by atoms with Gasteiger partial charge in [0.2, 0.25) is 0 Å². The number of benzene rings is 1. The highest BCUT2D eigenvalue weighted by Crippen LogP contribution is 2.25. The lowest BCUT2D eigenvalue weighted by molar-refractivity contribution is 0.602. The molecular formula is C17H21N5O2S. The molecule has 0 saturated heterocycles. The molecule has 0 fully saturated rings. The summed E-state index contributed by atoms with van der Waals surface area (Å²) in [5, 5.41) is 8.51. The van der Waals surface area contributed by atoms with Crippen molar-refractivity contribution < 1.29 is 8.42 Å². The van der Waals surface area contributed by atoms with Gasteiger partial charge in [0.1, 0.15) is 11.6 Å². The van der Waals surface area contributed by atoms with Crippen molar-refractivity contribution in [1.82, 2.24) is 19.7 Å². The predicted octanol–water partition coefficient (Wildman–Crippen LogP) is 2.50. The minimum absolute atomic E-state index is 0.0448. The zero-order valence-electron chi connectivity index (χ0n) is 14.7. The van der Waals surface area contributed by atoms with Crippen molar-refractivity contribution in [3.63, 3.8) is 0 Å². The lowest BCUT2D eigenvalue weighted by Gasteiger charge is -2.16. The molecule has 3 aromatic rings. The van der Waals surface area contributed by atoms with Gasteiger partial charge in [-0.15, -0.1) is 0 Å². The number of fused-ring (bicyclic) bond motifs is 1. The van der Waals surface area contributed by atoms with Crippen molar-refractivity contribution in [2.45, 2.75) is 31.2 Å². The third-order valence-corrected chi connectivity index (χ3v) is 5.24. The summed E-state index contributed by atoms with van der Waals surface area (Å²) in [6.07, 6.45) is 3.68. The Labute approximate surface area is 147 Å². The minimum atomic E-state index is -3.19. The van der Waals surface area contributed by atoms with E-state index in [0.29, 0.717) is 4.90 Å². The fourth-order valence-electron chi connectivity index (χ4n) is 2.63. The Morgan fingerprint density at radius 3 is 2.48 bits per heavy atom. The van der Waals surface area contributed by atoms with Gasteiger partial charge in [0, 0.05) is 25.8 Å². The van der Waals surface area contributed by atoms with Crippen molar-refractivity contribution in [3.8, 4) is 0 Å². The molecule has 7 nitrogen and oxygen atoms in total. The summed E-state index contributed by atoms with van der Waals surface area (Å²) in [5.74, 6) is 1.48. The molecule has 0 aliphatic rings. The zero-order chi connectivity index (χ0) is 18.2. The zero-order valence-corrected chi connectivity index (χ0v) is 15.5. The molecule has 0 aliphatic heterocycles. The summed E-state index contributed by atoms with van der Waals surface area (Å²) in [7, 11) is -1.34. The van der Waals surface area contributed by atoms with E-state index in [9.17, 15) is 8.42 Å². The lowest BCUT2D eigenvalue weighted by Crippen LogP contribution is -2.10. The molecule has 132 valence electrons. The summed E-state index contributed by atoms with van der Waals surface area (Å²) >= 11 is 0. The van der Waals surface area contributed by atoms with E-state index in [1.807, 2.05) is 33.0 Å². The number of anilines is 1. The molecule has 0 radical (unpaired) electrons. The highest BCUT2D eigenvalue weighted by Gasteiger charge is 2.14. The standard InChI is InChI=1S/C17H21N5O2S/c1-5-15-20-16(14-10-18-22(3)17(14)21-15)19-11(2)12-6-8-13(9-7-12)25(4,23)24/h6-11H,5H2,1-4H3,(H,19,20,21)/t11-/m0/s1. The maximum atomic E-state index is 11.6. The highest BCUT2D eigenvalue weighted by atomic mass is 32.2. The molecule has 1 atom stereocenters. The van der Waals surface area contributed by atoms with Crippen molar-refractivity contribution in [2.24, 2.45) is 7.05 Å². The molecule has 1 aromatic carbocycles.